The van der Waals surface area contributed by atoms with E-state index in [1.165, 1.54) is 0 Å². The largest absolute Gasteiger partial charge is 0.339 e. The van der Waals surface area contributed by atoms with E-state index >= 15 is 0 Å². The van der Waals surface area contributed by atoms with E-state index in [0.29, 0.717) is 16.4 Å². The predicted molar refractivity (Wildman–Crippen MR) is 107 cm³/mol. The van der Waals surface area contributed by atoms with Crippen molar-refractivity contribution < 1.29 is 0 Å². The van der Waals surface area contributed by atoms with Crippen LogP contribution in [0.2, 0.25) is 5.02 Å². The molecule has 0 bridgehead atoms. The zero-order valence-electron chi connectivity index (χ0n) is 14.6. The maximum absolute atomic E-state index is 12.3. The SMILES string of the molecule is CCCCSNc1cc(C)c(=O)n(C)c1Nc1ccc(C)cc1Cl. The molecule has 0 radical (unpaired) electrons. The molecule has 0 unspecified atom stereocenters. The van der Waals surface area contributed by atoms with E-state index in [0.717, 1.165) is 35.5 Å². The Hall–Kier alpha value is -1.59. The summed E-state index contributed by atoms with van der Waals surface area (Å²) < 4.78 is 4.98. The third kappa shape index (κ3) is 4.48. The molecule has 0 aliphatic carbocycles. The predicted octanol–water partition coefficient (Wildman–Crippen LogP) is 5.26. The first-order valence-electron chi connectivity index (χ1n) is 8.05. The van der Waals surface area contributed by atoms with Gasteiger partial charge in [-0.3, -0.25) is 9.36 Å². The fraction of sp³-hybridized carbons (Fsp3) is 0.389. The molecule has 2 rings (SSSR count). The molecule has 2 aromatic rings. The zero-order chi connectivity index (χ0) is 17.7. The van der Waals surface area contributed by atoms with Gasteiger partial charge < -0.3 is 10.0 Å². The van der Waals surface area contributed by atoms with Crippen molar-refractivity contribution in [3.63, 3.8) is 0 Å². The van der Waals surface area contributed by atoms with Crippen molar-refractivity contribution in [1.29, 1.82) is 0 Å². The second-order valence-corrected chi connectivity index (χ2v) is 7.17. The summed E-state index contributed by atoms with van der Waals surface area (Å²) in [5, 5.41) is 3.93. The molecule has 0 amide bonds. The van der Waals surface area contributed by atoms with Gasteiger partial charge in [0.15, 0.2) is 0 Å². The van der Waals surface area contributed by atoms with E-state index in [1.807, 2.05) is 38.1 Å². The fourth-order valence-corrected chi connectivity index (χ4v) is 3.45. The third-order valence-electron chi connectivity index (χ3n) is 3.75. The summed E-state index contributed by atoms with van der Waals surface area (Å²) in [5.74, 6) is 1.73. The molecule has 1 aromatic carbocycles. The lowest BCUT2D eigenvalue weighted by atomic mass is 10.2. The molecule has 1 heterocycles. The highest BCUT2D eigenvalue weighted by molar-refractivity contribution is 8.00. The zero-order valence-corrected chi connectivity index (χ0v) is 16.1. The van der Waals surface area contributed by atoms with Gasteiger partial charge in [-0.15, -0.1) is 0 Å². The molecule has 0 aliphatic heterocycles. The lowest BCUT2D eigenvalue weighted by Crippen LogP contribution is -2.22. The molecular weight excluding hydrogens is 342 g/mol. The Morgan fingerprint density at radius 3 is 2.62 bits per heavy atom. The molecule has 4 nitrogen and oxygen atoms in total. The van der Waals surface area contributed by atoms with Crippen LogP contribution in [-0.2, 0) is 7.05 Å². The lowest BCUT2D eigenvalue weighted by Gasteiger charge is -2.18. The van der Waals surface area contributed by atoms with Crippen LogP contribution in [0.3, 0.4) is 0 Å². The molecule has 24 heavy (non-hydrogen) atoms. The molecule has 0 atom stereocenters. The van der Waals surface area contributed by atoms with Gasteiger partial charge >= 0.3 is 0 Å². The molecule has 0 aliphatic rings. The van der Waals surface area contributed by atoms with Gasteiger partial charge in [0, 0.05) is 18.4 Å². The molecule has 6 heteroatoms. The van der Waals surface area contributed by atoms with Crippen molar-refractivity contribution in [2.45, 2.75) is 33.6 Å². The van der Waals surface area contributed by atoms with Crippen LogP contribution in [0.5, 0.6) is 0 Å². The minimum Gasteiger partial charge on any atom is -0.339 e. The molecule has 130 valence electrons. The van der Waals surface area contributed by atoms with Crippen molar-refractivity contribution >= 4 is 40.7 Å². The van der Waals surface area contributed by atoms with Crippen LogP contribution in [0, 0.1) is 13.8 Å². The number of nitrogens with zero attached hydrogens (tertiary/aromatic N) is 1. The molecule has 0 saturated carbocycles. The number of hydrogen-bond donors (Lipinski definition) is 2. The van der Waals surface area contributed by atoms with Crippen molar-refractivity contribution in [3.05, 3.63) is 50.8 Å². The first-order valence-corrected chi connectivity index (χ1v) is 9.42. The second-order valence-electron chi connectivity index (χ2n) is 5.87. The number of aromatic nitrogens is 1. The van der Waals surface area contributed by atoms with Crippen LogP contribution in [0.4, 0.5) is 17.2 Å². The standard InChI is InChI=1S/C18H24ClN3OS/c1-5-6-9-24-21-16-11-13(3)18(23)22(4)17(16)20-15-8-7-12(2)10-14(15)19/h7-8,10-11,20-21H,5-6,9H2,1-4H3. The Morgan fingerprint density at radius 1 is 1.21 bits per heavy atom. The Balaban J connectivity index is 2.35. The number of rotatable bonds is 7. The molecule has 0 fully saturated rings. The van der Waals surface area contributed by atoms with Gasteiger partial charge in [-0.1, -0.05) is 43.0 Å². The maximum Gasteiger partial charge on any atom is 0.254 e. The first kappa shape index (κ1) is 18.7. The summed E-state index contributed by atoms with van der Waals surface area (Å²) >= 11 is 7.97. The average molecular weight is 366 g/mol. The van der Waals surface area contributed by atoms with Gasteiger partial charge in [0.2, 0.25) is 0 Å². The molecule has 0 saturated heterocycles. The van der Waals surface area contributed by atoms with Crippen LogP contribution < -0.4 is 15.6 Å². The van der Waals surface area contributed by atoms with Crippen LogP contribution in [0.1, 0.15) is 30.9 Å². The Labute approximate surface area is 152 Å². The highest BCUT2D eigenvalue weighted by Gasteiger charge is 2.12. The van der Waals surface area contributed by atoms with Crippen molar-refractivity contribution in [2.24, 2.45) is 7.05 Å². The number of aryl methyl sites for hydroxylation is 2. The van der Waals surface area contributed by atoms with E-state index in [9.17, 15) is 4.79 Å². The van der Waals surface area contributed by atoms with Crippen LogP contribution in [0.25, 0.3) is 0 Å². The number of pyridine rings is 1. The highest BCUT2D eigenvalue weighted by atomic mass is 35.5. The molecule has 0 spiro atoms. The number of unbranched alkanes of at least 4 members (excludes halogenated alkanes) is 1. The monoisotopic (exact) mass is 365 g/mol. The van der Waals surface area contributed by atoms with Crippen molar-refractivity contribution in [3.8, 4) is 0 Å². The number of hydrogen-bond acceptors (Lipinski definition) is 4. The van der Waals surface area contributed by atoms with Crippen LogP contribution in [-0.4, -0.2) is 10.3 Å². The summed E-state index contributed by atoms with van der Waals surface area (Å²) in [6.45, 7) is 5.99. The van der Waals surface area contributed by atoms with Crippen LogP contribution in [0.15, 0.2) is 29.1 Å². The van der Waals surface area contributed by atoms with Gasteiger partial charge in [0.25, 0.3) is 5.56 Å². The topological polar surface area (TPSA) is 46.1 Å². The van der Waals surface area contributed by atoms with E-state index < -0.39 is 0 Å². The van der Waals surface area contributed by atoms with Crippen LogP contribution >= 0.6 is 23.5 Å². The van der Waals surface area contributed by atoms with E-state index in [1.54, 1.807) is 23.6 Å². The normalized spacial score (nSPS) is 10.7. The highest BCUT2D eigenvalue weighted by Crippen LogP contribution is 2.31. The Bertz CT molecular complexity index is 774. The smallest absolute Gasteiger partial charge is 0.254 e. The minimum absolute atomic E-state index is 0.0233. The summed E-state index contributed by atoms with van der Waals surface area (Å²) in [5.41, 5.74) is 3.44. The third-order valence-corrected chi connectivity index (χ3v) is 4.92. The number of halogens is 1. The summed E-state index contributed by atoms with van der Waals surface area (Å²) in [4.78, 5) is 12.3. The summed E-state index contributed by atoms with van der Waals surface area (Å²) in [6.07, 6.45) is 2.31. The maximum atomic E-state index is 12.3. The summed E-state index contributed by atoms with van der Waals surface area (Å²) in [7, 11) is 1.77. The molecular formula is C18H24ClN3OS. The first-order chi connectivity index (χ1) is 11.4. The molecule has 2 N–H and O–H groups in total. The summed E-state index contributed by atoms with van der Waals surface area (Å²) in [6, 6.07) is 7.70. The number of anilines is 3. The fourth-order valence-electron chi connectivity index (χ4n) is 2.32. The van der Waals surface area contributed by atoms with Gasteiger partial charge in [-0.2, -0.15) is 0 Å². The Kier molecular flexibility index (Phi) is 6.63. The molecule has 1 aromatic heterocycles. The van der Waals surface area contributed by atoms with E-state index in [-0.39, 0.29) is 5.56 Å². The van der Waals surface area contributed by atoms with Crippen molar-refractivity contribution in [1.82, 2.24) is 4.57 Å². The van der Waals surface area contributed by atoms with Gasteiger partial charge in [0.05, 0.1) is 16.4 Å². The second kappa shape index (κ2) is 8.49. The minimum atomic E-state index is -0.0233. The average Bonchev–Trinajstić information content (AvgIpc) is 2.54. The van der Waals surface area contributed by atoms with E-state index in [4.69, 9.17) is 11.6 Å². The van der Waals surface area contributed by atoms with E-state index in [2.05, 4.69) is 17.0 Å². The quantitative estimate of drug-likeness (QED) is 0.519. The van der Waals surface area contributed by atoms with Gasteiger partial charge in [-0.25, -0.2) is 0 Å². The number of benzene rings is 1. The lowest BCUT2D eigenvalue weighted by molar-refractivity contribution is 0.861. The van der Waals surface area contributed by atoms with Crippen molar-refractivity contribution in [2.75, 3.05) is 15.8 Å². The van der Waals surface area contributed by atoms with Gasteiger partial charge in [0.1, 0.15) is 5.82 Å². The van der Waals surface area contributed by atoms with Gasteiger partial charge in [-0.05, 0) is 44.0 Å². The Morgan fingerprint density at radius 2 is 1.96 bits per heavy atom. The number of nitrogens with one attached hydrogen (secondary N) is 2.